The van der Waals surface area contributed by atoms with Crippen LogP contribution in [0.4, 0.5) is 0 Å². The monoisotopic (exact) mass is 339 g/mol. The molecule has 0 aromatic carbocycles. The highest BCUT2D eigenvalue weighted by atomic mass is 35.5. The Bertz CT molecular complexity index is 547. The van der Waals surface area contributed by atoms with Crippen molar-refractivity contribution in [2.24, 2.45) is 0 Å². The molecular weight excluding hydrogens is 318 g/mol. The molecule has 0 N–H and O–H groups in total. The lowest BCUT2D eigenvalue weighted by atomic mass is 10.3. The number of ether oxygens (including phenoxy) is 2. The first-order valence-electron chi connectivity index (χ1n) is 6.53. The molecule has 0 atom stereocenters. The highest BCUT2D eigenvalue weighted by molar-refractivity contribution is 7.89. The lowest BCUT2D eigenvalue weighted by Gasteiger charge is -2.21. The normalized spacial score (nSPS) is 12.3. The summed E-state index contributed by atoms with van der Waals surface area (Å²) >= 11 is 5.88. The molecule has 1 heterocycles. The fraction of sp³-hybridized carbons (Fsp3) is 0.692. The van der Waals surface area contributed by atoms with Gasteiger partial charge in [0.1, 0.15) is 16.4 Å². The molecule has 0 unspecified atom stereocenters. The Hall–Kier alpha value is -0.600. The fourth-order valence-electron chi connectivity index (χ4n) is 2.07. The zero-order valence-electron chi connectivity index (χ0n) is 12.8. The van der Waals surface area contributed by atoms with E-state index < -0.39 is 10.0 Å². The summed E-state index contributed by atoms with van der Waals surface area (Å²) in [6.45, 7) is 4.42. The summed E-state index contributed by atoms with van der Waals surface area (Å²) in [5.74, 6) is 0.961. The Labute approximate surface area is 131 Å². The van der Waals surface area contributed by atoms with Crippen LogP contribution in [-0.2, 0) is 25.4 Å². The number of nitrogens with zero attached hydrogens (tertiary/aromatic N) is 1. The van der Waals surface area contributed by atoms with Crippen LogP contribution in [0.1, 0.15) is 17.1 Å². The molecule has 0 aliphatic carbocycles. The summed E-state index contributed by atoms with van der Waals surface area (Å²) in [6, 6.07) is 0. The maximum Gasteiger partial charge on any atom is 0.247 e. The Morgan fingerprint density at radius 3 is 2.05 bits per heavy atom. The van der Waals surface area contributed by atoms with Gasteiger partial charge in [0, 0.05) is 32.9 Å². The highest BCUT2D eigenvalue weighted by Gasteiger charge is 2.31. The van der Waals surface area contributed by atoms with Gasteiger partial charge in [-0.05, 0) is 13.8 Å². The molecule has 0 amide bonds. The predicted octanol–water partition coefficient (Wildman–Crippen LogP) is 1.92. The summed E-state index contributed by atoms with van der Waals surface area (Å²) in [5, 5.41) is 0. The molecule has 0 aliphatic heterocycles. The van der Waals surface area contributed by atoms with Crippen molar-refractivity contribution in [1.82, 2.24) is 4.31 Å². The molecular formula is C13H22ClNO5S. The maximum absolute atomic E-state index is 12.9. The molecule has 8 heteroatoms. The van der Waals surface area contributed by atoms with E-state index in [-0.39, 0.29) is 23.9 Å². The van der Waals surface area contributed by atoms with Crippen LogP contribution in [0.3, 0.4) is 0 Å². The number of aryl methyl sites for hydroxylation is 2. The van der Waals surface area contributed by atoms with Crippen LogP contribution in [0.5, 0.6) is 0 Å². The van der Waals surface area contributed by atoms with Crippen LogP contribution in [-0.4, -0.2) is 53.2 Å². The van der Waals surface area contributed by atoms with E-state index in [9.17, 15) is 8.42 Å². The first kappa shape index (κ1) is 18.4. The lowest BCUT2D eigenvalue weighted by molar-refractivity contribution is 0.150. The van der Waals surface area contributed by atoms with Gasteiger partial charge in [0.25, 0.3) is 0 Å². The third-order valence-electron chi connectivity index (χ3n) is 3.15. The first-order valence-corrected chi connectivity index (χ1v) is 8.50. The van der Waals surface area contributed by atoms with Crippen LogP contribution < -0.4 is 0 Å². The summed E-state index contributed by atoms with van der Waals surface area (Å²) in [7, 11) is -0.650. The van der Waals surface area contributed by atoms with Crippen molar-refractivity contribution in [3.05, 3.63) is 17.1 Å². The Balaban J connectivity index is 3.21. The lowest BCUT2D eigenvalue weighted by Crippen LogP contribution is -2.37. The van der Waals surface area contributed by atoms with Crippen molar-refractivity contribution in [2.45, 2.75) is 24.6 Å². The van der Waals surface area contributed by atoms with Crippen LogP contribution in [0.2, 0.25) is 0 Å². The summed E-state index contributed by atoms with van der Waals surface area (Å²) < 4.78 is 42.4. The molecule has 0 radical (unpaired) electrons. The number of furan rings is 1. The minimum absolute atomic E-state index is 0.0835. The van der Waals surface area contributed by atoms with Gasteiger partial charge < -0.3 is 13.9 Å². The van der Waals surface area contributed by atoms with Gasteiger partial charge >= 0.3 is 0 Å². The van der Waals surface area contributed by atoms with Gasteiger partial charge in [-0.3, -0.25) is 0 Å². The third kappa shape index (κ3) is 4.20. The van der Waals surface area contributed by atoms with Crippen LogP contribution in [0.25, 0.3) is 0 Å². The highest BCUT2D eigenvalue weighted by Crippen LogP contribution is 2.30. The van der Waals surface area contributed by atoms with Crippen molar-refractivity contribution in [3.8, 4) is 0 Å². The predicted molar refractivity (Wildman–Crippen MR) is 80.2 cm³/mol. The van der Waals surface area contributed by atoms with Gasteiger partial charge in [0.15, 0.2) is 0 Å². The zero-order valence-corrected chi connectivity index (χ0v) is 14.4. The van der Waals surface area contributed by atoms with Crippen molar-refractivity contribution in [2.75, 3.05) is 40.5 Å². The Morgan fingerprint density at radius 1 is 1.10 bits per heavy atom. The molecule has 1 rings (SSSR count). The van der Waals surface area contributed by atoms with Gasteiger partial charge in [-0.1, -0.05) is 0 Å². The molecule has 1 aromatic heterocycles. The standard InChI is InChI=1S/C13H22ClNO5S/c1-10-12(9-14)13(11(2)20-10)21(16,17)15(5-7-18-3)6-8-19-4/h5-9H2,1-4H3. The molecule has 0 saturated heterocycles. The van der Waals surface area contributed by atoms with Crippen molar-refractivity contribution < 1.29 is 22.3 Å². The molecule has 21 heavy (non-hydrogen) atoms. The van der Waals surface area contributed by atoms with Gasteiger partial charge in [-0.15, -0.1) is 11.6 Å². The second kappa shape index (κ2) is 8.14. The van der Waals surface area contributed by atoms with Crippen molar-refractivity contribution in [1.29, 1.82) is 0 Å². The van der Waals surface area contributed by atoms with Crippen LogP contribution in [0.15, 0.2) is 9.31 Å². The number of rotatable bonds is 9. The first-order chi connectivity index (χ1) is 9.89. The zero-order chi connectivity index (χ0) is 16.0. The third-order valence-corrected chi connectivity index (χ3v) is 5.51. The molecule has 122 valence electrons. The van der Waals surface area contributed by atoms with Crippen molar-refractivity contribution >= 4 is 21.6 Å². The number of halogens is 1. The fourth-order valence-corrected chi connectivity index (χ4v) is 4.29. The molecule has 6 nitrogen and oxygen atoms in total. The second-order valence-electron chi connectivity index (χ2n) is 4.55. The summed E-state index contributed by atoms with van der Waals surface area (Å²) in [6.07, 6.45) is 0. The molecule has 0 spiro atoms. The average Bonchev–Trinajstić information content (AvgIpc) is 2.73. The van der Waals surface area contributed by atoms with E-state index in [1.807, 2.05) is 0 Å². The second-order valence-corrected chi connectivity index (χ2v) is 6.69. The van der Waals surface area contributed by atoms with Gasteiger partial charge in [-0.2, -0.15) is 4.31 Å². The van der Waals surface area contributed by atoms with Crippen LogP contribution >= 0.6 is 11.6 Å². The molecule has 0 aliphatic rings. The number of alkyl halides is 1. The molecule has 0 fully saturated rings. The SMILES string of the molecule is COCCN(CCOC)S(=O)(=O)c1c(C)oc(C)c1CCl. The van der Waals surface area contributed by atoms with E-state index >= 15 is 0 Å². The van der Waals surface area contributed by atoms with E-state index in [1.165, 1.54) is 18.5 Å². The van der Waals surface area contributed by atoms with E-state index in [2.05, 4.69) is 0 Å². The van der Waals surface area contributed by atoms with E-state index in [0.717, 1.165) is 0 Å². The van der Waals surface area contributed by atoms with E-state index in [4.69, 9.17) is 25.5 Å². The smallest absolute Gasteiger partial charge is 0.247 e. The summed E-state index contributed by atoms with van der Waals surface area (Å²) in [5.41, 5.74) is 0.508. The van der Waals surface area contributed by atoms with E-state index in [1.54, 1.807) is 13.8 Å². The molecule has 0 saturated carbocycles. The number of hydrogen-bond acceptors (Lipinski definition) is 5. The topological polar surface area (TPSA) is 69.0 Å². The van der Waals surface area contributed by atoms with Gasteiger partial charge in [0.05, 0.1) is 19.1 Å². The largest absolute Gasteiger partial charge is 0.465 e. The quantitative estimate of drug-likeness (QED) is 0.643. The van der Waals surface area contributed by atoms with Gasteiger partial charge in [0.2, 0.25) is 10.0 Å². The maximum atomic E-state index is 12.9. The minimum atomic E-state index is -3.70. The number of sulfonamides is 1. The van der Waals surface area contributed by atoms with Crippen LogP contribution in [0, 0.1) is 13.8 Å². The Kier molecular flexibility index (Phi) is 7.15. The Morgan fingerprint density at radius 2 is 1.62 bits per heavy atom. The molecule has 0 bridgehead atoms. The summed E-state index contributed by atoms with van der Waals surface area (Å²) in [4.78, 5) is 0.155. The number of hydrogen-bond donors (Lipinski definition) is 0. The average molecular weight is 340 g/mol. The molecule has 1 aromatic rings. The van der Waals surface area contributed by atoms with Gasteiger partial charge in [-0.25, -0.2) is 8.42 Å². The number of methoxy groups -OCH3 is 2. The van der Waals surface area contributed by atoms with E-state index in [0.29, 0.717) is 30.3 Å². The van der Waals surface area contributed by atoms with Crippen molar-refractivity contribution in [3.63, 3.8) is 0 Å². The minimum Gasteiger partial charge on any atom is -0.465 e.